The van der Waals surface area contributed by atoms with E-state index in [2.05, 4.69) is 11.9 Å². The van der Waals surface area contributed by atoms with Crippen molar-refractivity contribution in [1.82, 2.24) is 5.32 Å². The van der Waals surface area contributed by atoms with Crippen molar-refractivity contribution in [2.75, 3.05) is 6.54 Å². The Morgan fingerprint density at radius 1 is 1.44 bits per heavy atom. The second kappa shape index (κ2) is 5.51. The zero-order chi connectivity index (χ0) is 13.0. The highest BCUT2D eigenvalue weighted by molar-refractivity contribution is 5.91. The van der Waals surface area contributed by atoms with Gasteiger partial charge in [0.05, 0.1) is 0 Å². The van der Waals surface area contributed by atoms with E-state index in [1.54, 1.807) is 12.1 Å². The number of fused-ring (bicyclic) bond motifs is 1. The molecule has 0 amide bonds. The number of carbonyl (C=O) groups is 1. The molecule has 0 radical (unpaired) electrons. The molecule has 1 heterocycles. The van der Waals surface area contributed by atoms with Crippen molar-refractivity contribution >= 4 is 16.9 Å². The van der Waals surface area contributed by atoms with E-state index < -0.39 is 5.97 Å². The number of aromatic carboxylic acids is 1. The van der Waals surface area contributed by atoms with Gasteiger partial charge in [0.25, 0.3) is 0 Å². The Labute approximate surface area is 105 Å². The SMILES string of the molecule is C=CCCNCc1ccc2oc(C(=O)O)cc2c1. The van der Waals surface area contributed by atoms with E-state index in [9.17, 15) is 4.79 Å². The quantitative estimate of drug-likeness (QED) is 0.606. The summed E-state index contributed by atoms with van der Waals surface area (Å²) in [4.78, 5) is 10.8. The van der Waals surface area contributed by atoms with Crippen molar-refractivity contribution in [2.45, 2.75) is 13.0 Å². The molecule has 0 saturated carbocycles. The lowest BCUT2D eigenvalue weighted by molar-refractivity contribution is 0.0665. The first-order valence-corrected chi connectivity index (χ1v) is 5.78. The van der Waals surface area contributed by atoms with Crippen LogP contribution in [0.1, 0.15) is 22.5 Å². The summed E-state index contributed by atoms with van der Waals surface area (Å²) in [5.41, 5.74) is 1.70. The standard InChI is InChI=1S/C14H15NO3/c1-2-3-6-15-9-10-4-5-12-11(7-10)8-13(18-12)14(16)17/h2,4-5,7-8,15H,1,3,6,9H2,(H,16,17). The maximum absolute atomic E-state index is 10.8. The molecule has 0 aliphatic rings. The van der Waals surface area contributed by atoms with Crippen LogP contribution in [0.2, 0.25) is 0 Å². The molecule has 0 spiro atoms. The molecule has 2 aromatic rings. The molecule has 4 nitrogen and oxygen atoms in total. The lowest BCUT2D eigenvalue weighted by Crippen LogP contribution is -2.13. The topological polar surface area (TPSA) is 62.5 Å². The molecule has 0 atom stereocenters. The summed E-state index contributed by atoms with van der Waals surface area (Å²) in [5, 5.41) is 12.9. The van der Waals surface area contributed by atoms with E-state index in [0.717, 1.165) is 30.5 Å². The van der Waals surface area contributed by atoms with Gasteiger partial charge in [-0.2, -0.15) is 0 Å². The third-order valence-electron chi connectivity index (χ3n) is 2.65. The Balaban J connectivity index is 2.11. The van der Waals surface area contributed by atoms with Gasteiger partial charge in [-0.3, -0.25) is 0 Å². The van der Waals surface area contributed by atoms with Crippen molar-refractivity contribution in [2.24, 2.45) is 0 Å². The van der Waals surface area contributed by atoms with Crippen LogP contribution >= 0.6 is 0 Å². The summed E-state index contributed by atoms with van der Waals surface area (Å²) in [6.45, 7) is 5.29. The Hall–Kier alpha value is -2.07. The number of nitrogens with one attached hydrogen (secondary N) is 1. The normalized spacial score (nSPS) is 10.7. The molecule has 0 bridgehead atoms. The van der Waals surface area contributed by atoms with Crippen molar-refractivity contribution < 1.29 is 14.3 Å². The highest BCUT2D eigenvalue weighted by Gasteiger charge is 2.10. The summed E-state index contributed by atoms with van der Waals surface area (Å²) in [6, 6.07) is 7.21. The number of furan rings is 1. The summed E-state index contributed by atoms with van der Waals surface area (Å²) >= 11 is 0. The number of carboxylic acid groups (broad SMARTS) is 1. The molecule has 18 heavy (non-hydrogen) atoms. The van der Waals surface area contributed by atoms with Gasteiger partial charge in [-0.15, -0.1) is 6.58 Å². The van der Waals surface area contributed by atoms with Gasteiger partial charge in [-0.05, 0) is 36.7 Å². The number of rotatable bonds is 6. The number of hydrogen-bond acceptors (Lipinski definition) is 3. The Kier molecular flexibility index (Phi) is 3.79. The van der Waals surface area contributed by atoms with Crippen LogP contribution in [-0.4, -0.2) is 17.6 Å². The molecule has 0 unspecified atom stereocenters. The van der Waals surface area contributed by atoms with Crippen LogP contribution in [0.3, 0.4) is 0 Å². The van der Waals surface area contributed by atoms with Gasteiger partial charge in [0.2, 0.25) is 5.76 Å². The van der Waals surface area contributed by atoms with Crippen molar-refractivity contribution in [3.05, 3.63) is 48.2 Å². The lowest BCUT2D eigenvalue weighted by Gasteiger charge is -2.02. The fourth-order valence-corrected chi connectivity index (χ4v) is 1.75. The second-order valence-electron chi connectivity index (χ2n) is 4.04. The van der Waals surface area contributed by atoms with Gasteiger partial charge < -0.3 is 14.8 Å². The monoisotopic (exact) mass is 245 g/mol. The van der Waals surface area contributed by atoms with Gasteiger partial charge in [0, 0.05) is 11.9 Å². The predicted molar refractivity (Wildman–Crippen MR) is 69.7 cm³/mol. The van der Waals surface area contributed by atoms with Crippen LogP contribution in [0.15, 0.2) is 41.3 Å². The van der Waals surface area contributed by atoms with Crippen LogP contribution in [-0.2, 0) is 6.54 Å². The Morgan fingerprint density at radius 2 is 2.28 bits per heavy atom. The van der Waals surface area contributed by atoms with Gasteiger partial charge in [0.1, 0.15) is 5.58 Å². The highest BCUT2D eigenvalue weighted by Crippen LogP contribution is 2.20. The van der Waals surface area contributed by atoms with Crippen LogP contribution in [0.4, 0.5) is 0 Å². The molecule has 0 aliphatic carbocycles. The third-order valence-corrected chi connectivity index (χ3v) is 2.65. The van der Waals surface area contributed by atoms with Gasteiger partial charge in [-0.25, -0.2) is 4.79 Å². The summed E-state index contributed by atoms with van der Waals surface area (Å²) in [5.74, 6) is -1.07. The molecular weight excluding hydrogens is 230 g/mol. The van der Waals surface area contributed by atoms with Crippen LogP contribution in [0.25, 0.3) is 11.0 Å². The minimum Gasteiger partial charge on any atom is -0.475 e. The third kappa shape index (κ3) is 2.78. The molecular formula is C14H15NO3. The number of hydrogen-bond donors (Lipinski definition) is 2. The minimum atomic E-state index is -1.04. The van der Waals surface area contributed by atoms with E-state index in [1.807, 2.05) is 18.2 Å². The van der Waals surface area contributed by atoms with E-state index in [4.69, 9.17) is 9.52 Å². The van der Waals surface area contributed by atoms with Crippen molar-refractivity contribution in [1.29, 1.82) is 0 Å². The molecule has 4 heteroatoms. The molecule has 0 fully saturated rings. The van der Waals surface area contributed by atoms with E-state index >= 15 is 0 Å². The van der Waals surface area contributed by atoms with Gasteiger partial charge >= 0.3 is 5.97 Å². The summed E-state index contributed by atoms with van der Waals surface area (Å²) in [7, 11) is 0. The van der Waals surface area contributed by atoms with Crippen LogP contribution in [0, 0.1) is 0 Å². The lowest BCUT2D eigenvalue weighted by atomic mass is 10.1. The fourth-order valence-electron chi connectivity index (χ4n) is 1.75. The smallest absolute Gasteiger partial charge is 0.371 e. The zero-order valence-electron chi connectivity index (χ0n) is 9.98. The Morgan fingerprint density at radius 3 is 3.00 bits per heavy atom. The van der Waals surface area contributed by atoms with Gasteiger partial charge in [-0.1, -0.05) is 12.1 Å². The van der Waals surface area contributed by atoms with E-state index in [1.165, 1.54) is 0 Å². The average Bonchev–Trinajstić information content (AvgIpc) is 2.78. The zero-order valence-corrected chi connectivity index (χ0v) is 9.98. The molecule has 0 aliphatic heterocycles. The predicted octanol–water partition coefficient (Wildman–Crippen LogP) is 2.80. The average molecular weight is 245 g/mol. The summed E-state index contributed by atoms with van der Waals surface area (Å²) in [6.07, 6.45) is 2.79. The minimum absolute atomic E-state index is 0.0261. The Bertz CT molecular complexity index is 571. The first kappa shape index (κ1) is 12.4. The van der Waals surface area contributed by atoms with Crippen molar-refractivity contribution in [3.8, 4) is 0 Å². The first-order valence-electron chi connectivity index (χ1n) is 5.78. The summed E-state index contributed by atoms with van der Waals surface area (Å²) < 4.78 is 5.19. The molecule has 2 N–H and O–H groups in total. The van der Waals surface area contributed by atoms with Crippen LogP contribution < -0.4 is 5.32 Å². The molecule has 0 saturated heterocycles. The molecule has 1 aromatic heterocycles. The van der Waals surface area contributed by atoms with E-state index in [-0.39, 0.29) is 5.76 Å². The number of carboxylic acids is 1. The first-order chi connectivity index (χ1) is 8.70. The highest BCUT2D eigenvalue weighted by atomic mass is 16.4. The number of benzene rings is 1. The van der Waals surface area contributed by atoms with E-state index in [0.29, 0.717) is 5.58 Å². The maximum atomic E-state index is 10.8. The molecule has 2 rings (SSSR count). The second-order valence-corrected chi connectivity index (χ2v) is 4.04. The maximum Gasteiger partial charge on any atom is 0.371 e. The fraction of sp³-hybridized carbons (Fsp3) is 0.214. The molecule has 94 valence electrons. The van der Waals surface area contributed by atoms with Crippen LogP contribution in [0.5, 0.6) is 0 Å². The van der Waals surface area contributed by atoms with Crippen molar-refractivity contribution in [3.63, 3.8) is 0 Å². The largest absolute Gasteiger partial charge is 0.475 e. The molecule has 1 aromatic carbocycles. The van der Waals surface area contributed by atoms with Gasteiger partial charge in [0.15, 0.2) is 0 Å².